The van der Waals surface area contributed by atoms with Crippen molar-refractivity contribution < 1.29 is 5.11 Å². The van der Waals surface area contributed by atoms with E-state index in [0.29, 0.717) is 12.2 Å². The molecule has 0 saturated carbocycles. The minimum absolute atomic E-state index is 0.119. The molecule has 4 heteroatoms. The number of aromatic nitrogens is 1. The summed E-state index contributed by atoms with van der Waals surface area (Å²) in [6.07, 6.45) is 3.81. The molecular formula is C12H17N3O. The molecule has 16 heavy (non-hydrogen) atoms. The van der Waals surface area contributed by atoms with Crippen LogP contribution < -0.4 is 4.90 Å². The van der Waals surface area contributed by atoms with Crippen LogP contribution in [0.1, 0.15) is 25.5 Å². The molecule has 0 amide bonds. The molecule has 0 atom stereocenters. The minimum Gasteiger partial charge on any atom is -0.395 e. The number of rotatable bonds is 6. The number of aliphatic hydroxyl groups is 1. The molecule has 0 spiro atoms. The van der Waals surface area contributed by atoms with Crippen molar-refractivity contribution in [1.82, 2.24) is 4.98 Å². The Morgan fingerprint density at radius 2 is 2.31 bits per heavy atom. The van der Waals surface area contributed by atoms with E-state index < -0.39 is 0 Å². The van der Waals surface area contributed by atoms with Crippen LogP contribution in [0.3, 0.4) is 0 Å². The number of hydrogen-bond acceptors (Lipinski definition) is 4. The number of unbranched alkanes of at least 4 members (excludes halogenated alkanes) is 1. The van der Waals surface area contributed by atoms with Gasteiger partial charge >= 0.3 is 0 Å². The molecule has 0 bridgehead atoms. The molecule has 0 aliphatic rings. The molecule has 0 fully saturated rings. The molecular weight excluding hydrogens is 202 g/mol. The SMILES string of the molecule is CCCCN(CCO)c1ccnc(C#N)c1. The first-order valence-corrected chi connectivity index (χ1v) is 5.53. The average molecular weight is 219 g/mol. The Morgan fingerprint density at radius 3 is 2.94 bits per heavy atom. The zero-order valence-electron chi connectivity index (χ0n) is 9.56. The van der Waals surface area contributed by atoms with Gasteiger partial charge in [-0.25, -0.2) is 4.98 Å². The Bertz CT molecular complexity index is 360. The molecule has 4 nitrogen and oxygen atoms in total. The summed E-state index contributed by atoms with van der Waals surface area (Å²) in [7, 11) is 0. The van der Waals surface area contributed by atoms with Gasteiger partial charge in [0.1, 0.15) is 11.8 Å². The molecule has 86 valence electrons. The molecule has 0 saturated heterocycles. The fraction of sp³-hybridized carbons (Fsp3) is 0.500. The molecule has 0 radical (unpaired) electrons. The van der Waals surface area contributed by atoms with E-state index in [9.17, 15) is 0 Å². The minimum atomic E-state index is 0.119. The van der Waals surface area contributed by atoms with E-state index in [0.717, 1.165) is 25.1 Å². The molecule has 0 aromatic carbocycles. The Balaban J connectivity index is 2.79. The highest BCUT2D eigenvalue weighted by Crippen LogP contribution is 2.14. The Kier molecular flexibility index (Phi) is 5.30. The van der Waals surface area contributed by atoms with Crippen LogP contribution in [0.25, 0.3) is 0 Å². The zero-order chi connectivity index (χ0) is 11.8. The number of anilines is 1. The number of hydrogen-bond donors (Lipinski definition) is 1. The van der Waals surface area contributed by atoms with Gasteiger partial charge in [0, 0.05) is 25.0 Å². The van der Waals surface area contributed by atoms with Crippen LogP contribution in [0.4, 0.5) is 5.69 Å². The molecule has 1 heterocycles. The highest BCUT2D eigenvalue weighted by molar-refractivity contribution is 5.48. The van der Waals surface area contributed by atoms with Crippen LogP contribution in [-0.2, 0) is 0 Å². The van der Waals surface area contributed by atoms with Crippen molar-refractivity contribution in [2.24, 2.45) is 0 Å². The maximum Gasteiger partial charge on any atom is 0.142 e. The summed E-state index contributed by atoms with van der Waals surface area (Å²) in [6.45, 7) is 3.74. The van der Waals surface area contributed by atoms with Gasteiger partial charge in [-0.2, -0.15) is 5.26 Å². The van der Waals surface area contributed by atoms with Crippen molar-refractivity contribution in [3.05, 3.63) is 24.0 Å². The van der Waals surface area contributed by atoms with Crippen LogP contribution in [-0.4, -0.2) is 29.8 Å². The van der Waals surface area contributed by atoms with Gasteiger partial charge in [0.05, 0.1) is 6.61 Å². The van der Waals surface area contributed by atoms with E-state index in [-0.39, 0.29) is 6.61 Å². The summed E-state index contributed by atoms with van der Waals surface area (Å²) >= 11 is 0. The monoisotopic (exact) mass is 219 g/mol. The van der Waals surface area contributed by atoms with Gasteiger partial charge in [0.2, 0.25) is 0 Å². The van der Waals surface area contributed by atoms with E-state index >= 15 is 0 Å². The van der Waals surface area contributed by atoms with E-state index in [1.165, 1.54) is 0 Å². The van der Waals surface area contributed by atoms with E-state index in [4.69, 9.17) is 10.4 Å². The molecule has 1 aromatic heterocycles. The fourth-order valence-electron chi connectivity index (χ4n) is 1.52. The molecule has 0 unspecified atom stereocenters. The summed E-state index contributed by atoms with van der Waals surface area (Å²) in [4.78, 5) is 6.01. The van der Waals surface area contributed by atoms with Crippen LogP contribution >= 0.6 is 0 Å². The van der Waals surface area contributed by atoms with Gasteiger partial charge in [-0.1, -0.05) is 13.3 Å². The maximum absolute atomic E-state index is 9.00. The van der Waals surface area contributed by atoms with Crippen LogP contribution in [0.2, 0.25) is 0 Å². The lowest BCUT2D eigenvalue weighted by atomic mass is 10.2. The van der Waals surface area contributed by atoms with Crippen LogP contribution in [0.5, 0.6) is 0 Å². The van der Waals surface area contributed by atoms with Crippen molar-refractivity contribution in [3.63, 3.8) is 0 Å². The topological polar surface area (TPSA) is 60.1 Å². The highest BCUT2D eigenvalue weighted by atomic mass is 16.3. The van der Waals surface area contributed by atoms with Gasteiger partial charge in [0.25, 0.3) is 0 Å². The third kappa shape index (κ3) is 3.52. The Hall–Kier alpha value is -1.60. The van der Waals surface area contributed by atoms with E-state index in [1.54, 1.807) is 12.3 Å². The first-order valence-electron chi connectivity index (χ1n) is 5.53. The van der Waals surface area contributed by atoms with E-state index in [1.807, 2.05) is 12.1 Å². The highest BCUT2D eigenvalue weighted by Gasteiger charge is 2.06. The second-order valence-electron chi connectivity index (χ2n) is 3.58. The van der Waals surface area contributed by atoms with Gasteiger partial charge in [-0.05, 0) is 18.6 Å². The first kappa shape index (κ1) is 12.5. The molecule has 1 aromatic rings. The predicted molar refractivity (Wildman–Crippen MR) is 63.2 cm³/mol. The number of nitriles is 1. The van der Waals surface area contributed by atoms with Crippen molar-refractivity contribution in [2.45, 2.75) is 19.8 Å². The Labute approximate surface area is 96.2 Å². The van der Waals surface area contributed by atoms with Crippen molar-refractivity contribution in [1.29, 1.82) is 5.26 Å². The second-order valence-corrected chi connectivity index (χ2v) is 3.58. The van der Waals surface area contributed by atoms with Crippen LogP contribution in [0.15, 0.2) is 18.3 Å². The summed E-state index contributed by atoms with van der Waals surface area (Å²) in [5.41, 5.74) is 1.37. The molecule has 0 aliphatic heterocycles. The van der Waals surface area contributed by atoms with Crippen molar-refractivity contribution in [2.75, 3.05) is 24.6 Å². The number of nitrogens with zero attached hydrogens (tertiary/aromatic N) is 3. The number of pyridine rings is 1. The third-order valence-corrected chi connectivity index (χ3v) is 2.37. The summed E-state index contributed by atoms with van der Waals surface area (Å²) in [5.74, 6) is 0. The average Bonchev–Trinajstić information content (AvgIpc) is 2.34. The summed E-state index contributed by atoms with van der Waals surface area (Å²) in [5, 5.41) is 17.8. The number of aliphatic hydroxyl groups excluding tert-OH is 1. The standard InChI is InChI=1S/C12H17N3O/c1-2-3-6-15(7-8-16)12-4-5-14-11(9-12)10-13/h4-5,9,16H,2-3,6-8H2,1H3. The fourth-order valence-corrected chi connectivity index (χ4v) is 1.52. The largest absolute Gasteiger partial charge is 0.395 e. The Morgan fingerprint density at radius 1 is 1.50 bits per heavy atom. The lowest BCUT2D eigenvalue weighted by molar-refractivity contribution is 0.301. The first-order chi connectivity index (χ1) is 7.81. The summed E-state index contributed by atoms with van der Waals surface area (Å²) < 4.78 is 0. The molecule has 1 N–H and O–H groups in total. The van der Waals surface area contributed by atoms with Gasteiger partial charge < -0.3 is 10.0 Å². The van der Waals surface area contributed by atoms with E-state index in [2.05, 4.69) is 16.8 Å². The van der Waals surface area contributed by atoms with Crippen molar-refractivity contribution in [3.8, 4) is 6.07 Å². The maximum atomic E-state index is 9.00. The normalized spacial score (nSPS) is 9.81. The second kappa shape index (κ2) is 6.81. The molecule has 1 rings (SSSR count). The van der Waals surface area contributed by atoms with Crippen molar-refractivity contribution >= 4 is 5.69 Å². The molecule has 0 aliphatic carbocycles. The zero-order valence-corrected chi connectivity index (χ0v) is 9.56. The lowest BCUT2D eigenvalue weighted by Gasteiger charge is -2.23. The quantitative estimate of drug-likeness (QED) is 0.788. The van der Waals surface area contributed by atoms with Gasteiger partial charge in [0.15, 0.2) is 0 Å². The van der Waals surface area contributed by atoms with Crippen LogP contribution in [0, 0.1) is 11.3 Å². The smallest absolute Gasteiger partial charge is 0.142 e. The van der Waals surface area contributed by atoms with Gasteiger partial charge in [-0.15, -0.1) is 0 Å². The lowest BCUT2D eigenvalue weighted by Crippen LogP contribution is -2.27. The third-order valence-electron chi connectivity index (χ3n) is 2.37. The predicted octanol–water partition coefficient (Wildman–Crippen LogP) is 1.55. The van der Waals surface area contributed by atoms with Gasteiger partial charge in [-0.3, -0.25) is 0 Å². The summed E-state index contributed by atoms with van der Waals surface area (Å²) in [6, 6.07) is 5.64.